The molecule has 1 saturated heterocycles. The molecule has 136 valence electrons. The maximum absolute atomic E-state index is 12.4. The molecule has 0 atom stereocenters. The Bertz CT molecular complexity index is 732. The molecule has 2 aromatic rings. The van der Waals surface area contributed by atoms with E-state index in [1.54, 1.807) is 0 Å². The highest BCUT2D eigenvalue weighted by Crippen LogP contribution is 2.20. The van der Waals surface area contributed by atoms with Crippen LogP contribution in [0.15, 0.2) is 54.6 Å². The van der Waals surface area contributed by atoms with Crippen LogP contribution in [0.2, 0.25) is 0 Å². The summed E-state index contributed by atoms with van der Waals surface area (Å²) < 4.78 is 0. The summed E-state index contributed by atoms with van der Waals surface area (Å²) in [5.41, 5.74) is 2.90. The molecule has 0 unspecified atom stereocenters. The van der Waals surface area contributed by atoms with Crippen LogP contribution in [0.1, 0.15) is 30.1 Å². The Kier molecular flexibility index (Phi) is 6.18. The topological polar surface area (TPSA) is 40.6 Å². The third-order valence-corrected chi connectivity index (χ3v) is 5.05. The first-order valence-electron chi connectivity index (χ1n) is 9.36. The Hall–Kier alpha value is -2.46. The molecule has 0 radical (unpaired) electrons. The summed E-state index contributed by atoms with van der Waals surface area (Å²) >= 11 is 0. The van der Waals surface area contributed by atoms with E-state index in [0.29, 0.717) is 12.0 Å². The largest absolute Gasteiger partial charge is 0.340 e. The third kappa shape index (κ3) is 4.58. The maximum atomic E-state index is 12.4. The third-order valence-electron chi connectivity index (χ3n) is 5.05. The van der Waals surface area contributed by atoms with Crippen LogP contribution >= 0.6 is 0 Å². The number of rotatable bonds is 6. The van der Waals surface area contributed by atoms with Crippen molar-refractivity contribution in [2.24, 2.45) is 0 Å². The number of carbonyl (C=O) groups is 2. The van der Waals surface area contributed by atoms with E-state index >= 15 is 0 Å². The lowest BCUT2D eigenvalue weighted by molar-refractivity contribution is -0.132. The normalized spacial score (nSPS) is 15.0. The average Bonchev–Trinajstić information content (AvgIpc) is 2.72. The van der Waals surface area contributed by atoms with E-state index in [0.717, 1.165) is 43.9 Å². The predicted octanol–water partition coefficient (Wildman–Crippen LogP) is 3.48. The lowest BCUT2D eigenvalue weighted by Crippen LogP contribution is -2.48. The molecule has 1 fully saturated rings. The first-order valence-corrected chi connectivity index (χ1v) is 9.36. The highest BCUT2D eigenvalue weighted by atomic mass is 16.2. The molecule has 0 saturated carbocycles. The van der Waals surface area contributed by atoms with Gasteiger partial charge in [-0.15, -0.1) is 0 Å². The predicted molar refractivity (Wildman–Crippen MR) is 104 cm³/mol. The number of benzene rings is 2. The van der Waals surface area contributed by atoms with Gasteiger partial charge in [0.2, 0.25) is 5.91 Å². The minimum absolute atomic E-state index is 0.0326. The summed E-state index contributed by atoms with van der Waals surface area (Å²) in [6.45, 7) is 6.56. The number of hydrogen-bond acceptors (Lipinski definition) is 3. The van der Waals surface area contributed by atoms with E-state index in [-0.39, 0.29) is 18.1 Å². The van der Waals surface area contributed by atoms with Crippen LogP contribution in [0.25, 0.3) is 11.1 Å². The zero-order chi connectivity index (χ0) is 18.4. The van der Waals surface area contributed by atoms with Crippen molar-refractivity contribution in [3.05, 3.63) is 60.2 Å². The first kappa shape index (κ1) is 18.3. The van der Waals surface area contributed by atoms with E-state index in [1.165, 1.54) is 0 Å². The summed E-state index contributed by atoms with van der Waals surface area (Å²) in [7, 11) is 0. The molecule has 1 heterocycles. The van der Waals surface area contributed by atoms with Gasteiger partial charge < -0.3 is 9.80 Å². The van der Waals surface area contributed by atoms with Crippen molar-refractivity contribution in [1.29, 1.82) is 0 Å². The Morgan fingerprint density at radius 2 is 1.42 bits per heavy atom. The van der Waals surface area contributed by atoms with Crippen molar-refractivity contribution >= 4 is 11.7 Å². The molecule has 4 heteroatoms. The smallest absolute Gasteiger partial charge is 0.223 e. The molecule has 0 spiro atoms. The van der Waals surface area contributed by atoms with Crippen molar-refractivity contribution in [1.82, 2.24) is 9.80 Å². The van der Waals surface area contributed by atoms with Gasteiger partial charge >= 0.3 is 0 Å². The summed E-state index contributed by atoms with van der Waals surface area (Å²) in [4.78, 5) is 28.9. The molecule has 26 heavy (non-hydrogen) atoms. The Morgan fingerprint density at radius 1 is 0.808 bits per heavy atom. The van der Waals surface area contributed by atoms with Gasteiger partial charge in [-0.05, 0) is 17.7 Å². The van der Waals surface area contributed by atoms with Crippen molar-refractivity contribution in [2.75, 3.05) is 32.7 Å². The van der Waals surface area contributed by atoms with Gasteiger partial charge in [-0.1, -0.05) is 61.5 Å². The van der Waals surface area contributed by atoms with Gasteiger partial charge in [-0.2, -0.15) is 0 Å². The van der Waals surface area contributed by atoms with Crippen LogP contribution in [0.4, 0.5) is 0 Å². The van der Waals surface area contributed by atoms with E-state index in [2.05, 4.69) is 11.8 Å². The van der Waals surface area contributed by atoms with Crippen molar-refractivity contribution < 1.29 is 9.59 Å². The second kappa shape index (κ2) is 8.77. The van der Waals surface area contributed by atoms with Gasteiger partial charge in [0.15, 0.2) is 5.78 Å². The molecule has 0 aromatic heterocycles. The van der Waals surface area contributed by atoms with E-state index in [4.69, 9.17) is 0 Å². The van der Waals surface area contributed by atoms with Gasteiger partial charge in [-0.25, -0.2) is 0 Å². The first-order chi connectivity index (χ1) is 12.7. The number of likely N-dealkylation sites (N-methyl/N-ethyl adjacent to an activating group) is 1. The quantitative estimate of drug-likeness (QED) is 0.749. The highest BCUT2D eigenvalue weighted by molar-refractivity contribution is 5.98. The van der Waals surface area contributed by atoms with Gasteiger partial charge in [0.1, 0.15) is 0 Å². The zero-order valence-corrected chi connectivity index (χ0v) is 15.4. The van der Waals surface area contributed by atoms with Gasteiger partial charge in [0.25, 0.3) is 0 Å². The Labute approximate surface area is 155 Å². The molecule has 3 rings (SSSR count). The highest BCUT2D eigenvalue weighted by Gasteiger charge is 2.20. The zero-order valence-electron chi connectivity index (χ0n) is 15.4. The lowest BCUT2D eigenvalue weighted by Gasteiger charge is -2.34. The van der Waals surface area contributed by atoms with Crippen LogP contribution in [-0.2, 0) is 4.79 Å². The minimum Gasteiger partial charge on any atom is -0.340 e. The van der Waals surface area contributed by atoms with E-state index < -0.39 is 0 Å². The van der Waals surface area contributed by atoms with Crippen molar-refractivity contribution in [3.63, 3.8) is 0 Å². The monoisotopic (exact) mass is 350 g/mol. The summed E-state index contributed by atoms with van der Waals surface area (Å²) in [6, 6.07) is 17.7. The van der Waals surface area contributed by atoms with Crippen LogP contribution in [0.3, 0.4) is 0 Å². The molecule has 1 aliphatic heterocycles. The number of hydrogen-bond donors (Lipinski definition) is 0. The van der Waals surface area contributed by atoms with Crippen LogP contribution in [0.5, 0.6) is 0 Å². The molecule has 2 aromatic carbocycles. The molecule has 1 aliphatic rings. The second-order valence-corrected chi connectivity index (χ2v) is 6.68. The van der Waals surface area contributed by atoms with Crippen molar-refractivity contribution in [3.8, 4) is 11.1 Å². The Balaban J connectivity index is 1.51. The summed E-state index contributed by atoms with van der Waals surface area (Å²) in [5.74, 6) is 0.125. The second-order valence-electron chi connectivity index (χ2n) is 6.68. The van der Waals surface area contributed by atoms with Crippen LogP contribution < -0.4 is 0 Å². The van der Waals surface area contributed by atoms with Crippen molar-refractivity contribution in [2.45, 2.75) is 19.8 Å². The Morgan fingerprint density at radius 3 is 2.04 bits per heavy atom. The minimum atomic E-state index is 0.0326. The molecule has 0 N–H and O–H groups in total. The number of Topliss-reactive ketones (excluding diaryl/α,β-unsaturated/α-hetero) is 1. The van der Waals surface area contributed by atoms with E-state index in [9.17, 15) is 9.59 Å². The molecular weight excluding hydrogens is 324 g/mol. The maximum Gasteiger partial charge on any atom is 0.223 e. The van der Waals surface area contributed by atoms with Gasteiger partial charge in [0, 0.05) is 44.6 Å². The number of nitrogens with zero attached hydrogens (tertiary/aromatic N) is 2. The average molecular weight is 350 g/mol. The lowest BCUT2D eigenvalue weighted by atomic mass is 10.0. The van der Waals surface area contributed by atoms with Crippen LogP contribution in [0, 0.1) is 0 Å². The molecular formula is C22H26N2O2. The fourth-order valence-corrected chi connectivity index (χ4v) is 3.32. The number of amides is 1. The molecule has 4 nitrogen and oxygen atoms in total. The summed E-state index contributed by atoms with van der Waals surface area (Å²) in [6.07, 6.45) is 0.572. The molecule has 0 aliphatic carbocycles. The summed E-state index contributed by atoms with van der Waals surface area (Å²) in [5, 5.41) is 0. The standard InChI is InChI=1S/C22H26N2O2/c1-2-23-14-16-24(17-15-23)22(26)13-12-21(25)20-10-8-19(9-11-20)18-6-4-3-5-7-18/h3-11H,2,12-17H2,1H3. The number of ketones is 1. The van der Waals surface area contributed by atoms with Gasteiger partial charge in [0.05, 0.1) is 0 Å². The molecule has 0 bridgehead atoms. The van der Waals surface area contributed by atoms with Gasteiger partial charge in [-0.3, -0.25) is 9.59 Å². The van der Waals surface area contributed by atoms with Crippen LogP contribution in [-0.4, -0.2) is 54.2 Å². The fraction of sp³-hybridized carbons (Fsp3) is 0.364. The molecule has 1 amide bonds. The number of carbonyl (C=O) groups excluding carboxylic acids is 2. The van der Waals surface area contributed by atoms with E-state index in [1.807, 2.05) is 59.5 Å². The fourth-order valence-electron chi connectivity index (χ4n) is 3.32. The number of piperazine rings is 1. The SMILES string of the molecule is CCN1CCN(C(=O)CCC(=O)c2ccc(-c3ccccc3)cc2)CC1.